The molecule has 3 N–H and O–H groups in total. The SMILES string of the molecule is CC1(C)[C@H](C(=O)O)[C@@H]1C(=O)NCc1nn[nH]n1. The Morgan fingerprint density at radius 2 is 2.18 bits per heavy atom. The molecule has 1 fully saturated rings. The zero-order valence-electron chi connectivity index (χ0n) is 9.47. The first-order chi connectivity index (χ1) is 7.94. The van der Waals surface area contributed by atoms with Crippen molar-refractivity contribution < 1.29 is 14.7 Å². The molecule has 1 aromatic rings. The topological polar surface area (TPSA) is 121 Å². The monoisotopic (exact) mass is 239 g/mol. The van der Waals surface area contributed by atoms with Gasteiger partial charge < -0.3 is 10.4 Å². The van der Waals surface area contributed by atoms with E-state index in [0.29, 0.717) is 5.82 Å². The van der Waals surface area contributed by atoms with Gasteiger partial charge in [0.05, 0.1) is 18.4 Å². The summed E-state index contributed by atoms with van der Waals surface area (Å²) in [5.74, 6) is -1.97. The van der Waals surface area contributed by atoms with E-state index in [0.717, 1.165) is 0 Å². The van der Waals surface area contributed by atoms with Crippen molar-refractivity contribution in [3.8, 4) is 0 Å². The van der Waals surface area contributed by atoms with E-state index >= 15 is 0 Å². The third kappa shape index (κ3) is 1.97. The second-order valence-corrected chi connectivity index (χ2v) is 4.66. The van der Waals surface area contributed by atoms with E-state index in [1.807, 2.05) is 0 Å². The molecule has 0 spiro atoms. The summed E-state index contributed by atoms with van der Waals surface area (Å²) >= 11 is 0. The van der Waals surface area contributed by atoms with Gasteiger partial charge in [-0.3, -0.25) is 9.59 Å². The van der Waals surface area contributed by atoms with Crippen LogP contribution in [0.1, 0.15) is 19.7 Å². The maximum Gasteiger partial charge on any atom is 0.307 e. The number of nitrogens with zero attached hydrogens (tertiary/aromatic N) is 3. The molecule has 0 bridgehead atoms. The second-order valence-electron chi connectivity index (χ2n) is 4.66. The number of H-pyrrole nitrogens is 1. The molecule has 1 heterocycles. The number of hydrogen-bond donors (Lipinski definition) is 3. The largest absolute Gasteiger partial charge is 0.481 e. The average molecular weight is 239 g/mol. The van der Waals surface area contributed by atoms with Crippen molar-refractivity contribution in [2.75, 3.05) is 0 Å². The second kappa shape index (κ2) is 3.79. The van der Waals surface area contributed by atoms with Crippen LogP contribution in [0, 0.1) is 17.3 Å². The standard InChI is InChI=1S/C9H13N5O3/c1-9(2)5(6(9)8(16)17)7(15)10-3-4-11-13-14-12-4/h5-6H,3H2,1-2H3,(H,10,15)(H,16,17)(H,11,12,13,14)/t5-,6+/m1/s1. The zero-order valence-corrected chi connectivity index (χ0v) is 9.47. The summed E-state index contributed by atoms with van der Waals surface area (Å²) in [7, 11) is 0. The number of carbonyl (C=O) groups is 2. The van der Waals surface area contributed by atoms with Crippen molar-refractivity contribution in [2.24, 2.45) is 17.3 Å². The Balaban J connectivity index is 1.92. The van der Waals surface area contributed by atoms with Gasteiger partial charge in [0.2, 0.25) is 5.91 Å². The van der Waals surface area contributed by atoms with Crippen LogP contribution < -0.4 is 5.32 Å². The van der Waals surface area contributed by atoms with Crippen LogP contribution in [0.25, 0.3) is 0 Å². The van der Waals surface area contributed by atoms with Crippen LogP contribution in [0.2, 0.25) is 0 Å². The Labute approximate surface area is 96.8 Å². The molecule has 2 rings (SSSR count). The van der Waals surface area contributed by atoms with Gasteiger partial charge in [-0.05, 0) is 5.41 Å². The molecule has 8 nitrogen and oxygen atoms in total. The summed E-state index contributed by atoms with van der Waals surface area (Å²) in [6.45, 7) is 3.68. The van der Waals surface area contributed by atoms with Gasteiger partial charge in [0, 0.05) is 0 Å². The molecule has 0 aromatic carbocycles. The molecule has 17 heavy (non-hydrogen) atoms. The van der Waals surface area contributed by atoms with Gasteiger partial charge in [0.25, 0.3) is 0 Å². The van der Waals surface area contributed by atoms with Crippen LogP contribution in [0.4, 0.5) is 0 Å². The molecule has 0 unspecified atom stereocenters. The molecule has 1 aliphatic carbocycles. The van der Waals surface area contributed by atoms with Crippen molar-refractivity contribution in [3.05, 3.63) is 5.82 Å². The summed E-state index contributed by atoms with van der Waals surface area (Å²) in [6, 6.07) is 0. The minimum Gasteiger partial charge on any atom is -0.481 e. The van der Waals surface area contributed by atoms with E-state index in [4.69, 9.17) is 5.11 Å². The van der Waals surface area contributed by atoms with Gasteiger partial charge in [0.1, 0.15) is 0 Å². The predicted octanol–water partition coefficient (Wildman–Crippen LogP) is -0.827. The molecule has 2 atom stereocenters. The molecule has 0 saturated heterocycles. The van der Waals surface area contributed by atoms with E-state index in [1.165, 1.54) is 0 Å². The Morgan fingerprint density at radius 1 is 1.47 bits per heavy atom. The van der Waals surface area contributed by atoms with Crippen LogP contribution in [0.3, 0.4) is 0 Å². The highest BCUT2D eigenvalue weighted by Crippen LogP contribution is 2.58. The van der Waals surface area contributed by atoms with Gasteiger partial charge in [-0.25, -0.2) is 0 Å². The fraction of sp³-hybridized carbons (Fsp3) is 0.667. The molecule has 0 radical (unpaired) electrons. The number of nitrogens with one attached hydrogen (secondary N) is 2. The molecule has 0 aliphatic heterocycles. The van der Waals surface area contributed by atoms with E-state index in [1.54, 1.807) is 13.8 Å². The Kier molecular flexibility index (Phi) is 2.56. The lowest BCUT2D eigenvalue weighted by atomic mass is 10.1. The third-order valence-electron chi connectivity index (χ3n) is 3.19. The van der Waals surface area contributed by atoms with Crippen molar-refractivity contribution in [1.82, 2.24) is 25.9 Å². The Hall–Kier alpha value is -1.99. The lowest BCUT2D eigenvalue weighted by Crippen LogP contribution is -2.27. The maximum absolute atomic E-state index is 11.8. The van der Waals surface area contributed by atoms with Crippen molar-refractivity contribution in [1.29, 1.82) is 0 Å². The van der Waals surface area contributed by atoms with E-state index in [-0.39, 0.29) is 12.5 Å². The summed E-state index contributed by atoms with van der Waals surface area (Å²) in [6.07, 6.45) is 0. The van der Waals surface area contributed by atoms with Gasteiger partial charge in [-0.15, -0.1) is 10.2 Å². The number of aliphatic carboxylic acids is 1. The van der Waals surface area contributed by atoms with E-state index in [2.05, 4.69) is 25.9 Å². The van der Waals surface area contributed by atoms with E-state index < -0.39 is 23.2 Å². The Bertz CT molecular complexity index is 441. The average Bonchev–Trinajstić information content (AvgIpc) is 2.65. The first kappa shape index (κ1) is 11.5. The van der Waals surface area contributed by atoms with Gasteiger partial charge in [-0.2, -0.15) is 5.21 Å². The normalized spacial score (nSPS) is 25.3. The lowest BCUT2D eigenvalue weighted by molar-refractivity contribution is -0.140. The number of tetrazole rings is 1. The minimum atomic E-state index is -0.935. The summed E-state index contributed by atoms with van der Waals surface area (Å²) < 4.78 is 0. The number of hydrogen-bond acceptors (Lipinski definition) is 5. The number of rotatable bonds is 4. The first-order valence-corrected chi connectivity index (χ1v) is 5.17. The number of carbonyl (C=O) groups excluding carboxylic acids is 1. The molecule has 1 aromatic heterocycles. The van der Waals surface area contributed by atoms with Crippen molar-refractivity contribution in [3.63, 3.8) is 0 Å². The highest BCUT2D eigenvalue weighted by molar-refractivity contribution is 5.91. The lowest BCUT2D eigenvalue weighted by Gasteiger charge is -2.02. The smallest absolute Gasteiger partial charge is 0.307 e. The quantitative estimate of drug-likeness (QED) is 0.630. The maximum atomic E-state index is 11.8. The molecule has 1 amide bonds. The summed E-state index contributed by atoms with van der Waals surface area (Å²) in [5.41, 5.74) is -0.493. The fourth-order valence-electron chi connectivity index (χ4n) is 2.12. The van der Waals surface area contributed by atoms with Crippen molar-refractivity contribution in [2.45, 2.75) is 20.4 Å². The van der Waals surface area contributed by atoms with Crippen molar-refractivity contribution >= 4 is 11.9 Å². The number of amides is 1. The van der Waals surface area contributed by atoms with E-state index in [9.17, 15) is 9.59 Å². The Morgan fingerprint density at radius 3 is 2.65 bits per heavy atom. The summed E-state index contributed by atoms with van der Waals surface area (Å²) in [4.78, 5) is 22.7. The number of aromatic nitrogens is 4. The molecular formula is C9H13N5O3. The number of carboxylic acids is 1. The van der Waals surface area contributed by atoms with Crippen LogP contribution in [0.5, 0.6) is 0 Å². The third-order valence-corrected chi connectivity index (χ3v) is 3.19. The molecule has 1 saturated carbocycles. The fourth-order valence-corrected chi connectivity index (χ4v) is 2.12. The molecule has 92 valence electrons. The molecule has 1 aliphatic rings. The number of carboxylic acid groups (broad SMARTS) is 1. The molecule has 8 heteroatoms. The highest BCUT2D eigenvalue weighted by Gasteiger charge is 2.65. The number of aromatic amines is 1. The van der Waals surface area contributed by atoms with Crippen LogP contribution in [-0.2, 0) is 16.1 Å². The minimum absolute atomic E-state index is 0.147. The zero-order chi connectivity index (χ0) is 12.6. The summed E-state index contributed by atoms with van der Waals surface area (Å²) in [5, 5.41) is 24.5. The highest BCUT2D eigenvalue weighted by atomic mass is 16.4. The van der Waals surface area contributed by atoms with Crippen LogP contribution in [0.15, 0.2) is 0 Å². The van der Waals surface area contributed by atoms with Gasteiger partial charge in [0.15, 0.2) is 5.82 Å². The molecular weight excluding hydrogens is 226 g/mol. The van der Waals surface area contributed by atoms with Crippen LogP contribution >= 0.6 is 0 Å². The van der Waals surface area contributed by atoms with Gasteiger partial charge >= 0.3 is 5.97 Å². The predicted molar refractivity (Wildman–Crippen MR) is 54.4 cm³/mol. The van der Waals surface area contributed by atoms with Crippen LogP contribution in [-0.4, -0.2) is 37.6 Å². The first-order valence-electron chi connectivity index (χ1n) is 5.17. The van der Waals surface area contributed by atoms with Gasteiger partial charge in [-0.1, -0.05) is 19.1 Å².